The van der Waals surface area contributed by atoms with Crippen molar-refractivity contribution < 1.29 is 9.47 Å². The Kier molecular flexibility index (Phi) is 7.52. The predicted octanol–water partition coefficient (Wildman–Crippen LogP) is 7.72. The lowest BCUT2D eigenvalue weighted by Crippen LogP contribution is -2.03. The van der Waals surface area contributed by atoms with E-state index in [1.165, 1.54) is 0 Å². The van der Waals surface area contributed by atoms with Crippen LogP contribution in [0.1, 0.15) is 11.1 Å². The first-order valence-electron chi connectivity index (χ1n) is 8.39. The molecule has 0 aliphatic carbocycles. The highest BCUT2D eigenvalue weighted by Crippen LogP contribution is 2.37. The molecule has 0 bridgehead atoms. The quantitative estimate of drug-likeness (QED) is 0.330. The molecule has 0 radical (unpaired) electrons. The largest absolute Gasteiger partial charge is 0.493 e. The fourth-order valence-corrected chi connectivity index (χ4v) is 3.73. The zero-order chi connectivity index (χ0) is 20.1. The van der Waals surface area contributed by atoms with Gasteiger partial charge in [0.15, 0.2) is 11.5 Å². The van der Waals surface area contributed by atoms with E-state index in [0.717, 1.165) is 25.8 Å². The molecule has 28 heavy (non-hydrogen) atoms. The Morgan fingerprint density at radius 2 is 1.64 bits per heavy atom. The van der Waals surface area contributed by atoms with Gasteiger partial charge in [-0.3, -0.25) is 0 Å². The summed E-state index contributed by atoms with van der Waals surface area (Å²) >= 11 is 19.1. The highest BCUT2D eigenvalue weighted by molar-refractivity contribution is 9.10. The first kappa shape index (κ1) is 21.3. The van der Waals surface area contributed by atoms with Gasteiger partial charge in [0.05, 0.1) is 21.6 Å². The van der Waals surface area contributed by atoms with Crippen LogP contribution in [0.5, 0.6) is 11.5 Å². The molecule has 146 valence electrons. The molecule has 0 heterocycles. The van der Waals surface area contributed by atoms with E-state index in [0.29, 0.717) is 34.7 Å². The lowest BCUT2D eigenvalue weighted by atomic mass is 10.2. The van der Waals surface area contributed by atoms with E-state index in [1.54, 1.807) is 19.2 Å². The average Bonchev–Trinajstić information content (AvgIpc) is 2.69. The molecule has 0 unspecified atom stereocenters. The summed E-state index contributed by atoms with van der Waals surface area (Å²) in [5.41, 5.74) is 2.99. The Balaban J connectivity index is 1.71. The van der Waals surface area contributed by atoms with E-state index in [2.05, 4.69) is 37.2 Å². The molecule has 1 N–H and O–H groups in total. The number of hydrogen-bond acceptors (Lipinski definition) is 3. The molecule has 7 heteroatoms. The van der Waals surface area contributed by atoms with Gasteiger partial charge in [-0.1, -0.05) is 51.3 Å². The zero-order valence-corrected chi connectivity index (χ0v) is 19.6. The van der Waals surface area contributed by atoms with Gasteiger partial charge in [0.2, 0.25) is 0 Å². The normalized spacial score (nSPS) is 10.6. The van der Waals surface area contributed by atoms with Crippen molar-refractivity contribution >= 4 is 60.7 Å². The van der Waals surface area contributed by atoms with E-state index in [-0.39, 0.29) is 0 Å². The van der Waals surface area contributed by atoms with Gasteiger partial charge in [0.1, 0.15) is 6.61 Å². The minimum atomic E-state index is 0.448. The third-order valence-corrected chi connectivity index (χ3v) is 5.86. The highest BCUT2D eigenvalue weighted by Gasteiger charge is 2.12. The summed E-state index contributed by atoms with van der Waals surface area (Å²) in [5, 5.41) is 4.37. The van der Waals surface area contributed by atoms with Crippen molar-refractivity contribution in [1.82, 2.24) is 0 Å². The highest BCUT2D eigenvalue weighted by atomic mass is 79.9. The fourth-order valence-electron chi connectivity index (χ4n) is 2.56. The van der Waals surface area contributed by atoms with Crippen molar-refractivity contribution in [3.63, 3.8) is 0 Å². The van der Waals surface area contributed by atoms with Crippen molar-refractivity contribution in [3.05, 3.63) is 84.7 Å². The summed E-state index contributed by atoms with van der Waals surface area (Å²) in [6, 6.07) is 17.4. The molecule has 3 aromatic rings. The molecule has 0 fully saturated rings. The maximum absolute atomic E-state index is 6.06. The number of ether oxygens (including phenoxy) is 2. The lowest BCUT2D eigenvalue weighted by Gasteiger charge is -2.15. The molecule has 0 atom stereocenters. The second-order valence-electron chi connectivity index (χ2n) is 6.01. The van der Waals surface area contributed by atoms with E-state index < -0.39 is 0 Å². The summed E-state index contributed by atoms with van der Waals surface area (Å²) in [7, 11) is 1.63. The summed E-state index contributed by atoms with van der Waals surface area (Å²) < 4.78 is 13.4. The third-order valence-electron chi connectivity index (χ3n) is 4.00. The first-order valence-corrected chi connectivity index (χ1v) is 10.7. The number of benzene rings is 3. The molecule has 3 rings (SSSR count). The number of rotatable bonds is 7. The molecule has 3 aromatic carbocycles. The Hall–Kier alpha value is -1.40. The Morgan fingerprint density at radius 3 is 2.32 bits per heavy atom. The molecule has 0 saturated heterocycles. The molecule has 0 aliphatic rings. The van der Waals surface area contributed by atoms with Crippen molar-refractivity contribution in [2.45, 2.75) is 13.2 Å². The van der Waals surface area contributed by atoms with Crippen LogP contribution < -0.4 is 14.8 Å². The number of nitrogens with one attached hydrogen (secondary N) is 1. The minimum Gasteiger partial charge on any atom is -0.493 e. The molecule has 0 amide bonds. The third kappa shape index (κ3) is 5.57. The van der Waals surface area contributed by atoms with E-state index in [9.17, 15) is 0 Å². The van der Waals surface area contributed by atoms with E-state index in [4.69, 9.17) is 32.7 Å². The van der Waals surface area contributed by atoms with Gasteiger partial charge < -0.3 is 14.8 Å². The van der Waals surface area contributed by atoms with Gasteiger partial charge in [-0.05, 0) is 69.5 Å². The summed E-state index contributed by atoms with van der Waals surface area (Å²) in [6.07, 6.45) is 0. The van der Waals surface area contributed by atoms with Gasteiger partial charge in [-0.25, -0.2) is 0 Å². The van der Waals surface area contributed by atoms with Crippen LogP contribution in [-0.2, 0) is 13.2 Å². The van der Waals surface area contributed by atoms with Crippen LogP contribution in [0.3, 0.4) is 0 Å². The monoisotopic (exact) mass is 543 g/mol. The number of hydrogen-bond donors (Lipinski definition) is 1. The predicted molar refractivity (Wildman–Crippen MR) is 123 cm³/mol. The number of methoxy groups -OCH3 is 1. The average molecular weight is 546 g/mol. The van der Waals surface area contributed by atoms with Crippen LogP contribution in [-0.4, -0.2) is 7.11 Å². The standard InChI is InChI=1S/C21H17Br2Cl2NO2/c1-27-20-9-14(11-26-16-6-7-18(24)19(25)10-16)8-17(23)21(20)28-12-13-2-4-15(22)5-3-13/h2-10,26H,11-12H2,1H3. The maximum Gasteiger partial charge on any atom is 0.175 e. The van der Waals surface area contributed by atoms with Crippen LogP contribution in [0, 0.1) is 0 Å². The molecule has 0 spiro atoms. The van der Waals surface area contributed by atoms with E-state index >= 15 is 0 Å². The Labute approximate surface area is 191 Å². The van der Waals surface area contributed by atoms with Gasteiger partial charge in [0, 0.05) is 16.7 Å². The fraction of sp³-hybridized carbons (Fsp3) is 0.143. The minimum absolute atomic E-state index is 0.448. The van der Waals surface area contributed by atoms with Gasteiger partial charge >= 0.3 is 0 Å². The van der Waals surface area contributed by atoms with Gasteiger partial charge in [0.25, 0.3) is 0 Å². The van der Waals surface area contributed by atoms with Crippen LogP contribution >= 0.6 is 55.1 Å². The Morgan fingerprint density at radius 1 is 0.893 bits per heavy atom. The van der Waals surface area contributed by atoms with E-state index in [1.807, 2.05) is 42.5 Å². The smallest absolute Gasteiger partial charge is 0.175 e. The van der Waals surface area contributed by atoms with Crippen molar-refractivity contribution in [2.75, 3.05) is 12.4 Å². The number of anilines is 1. The zero-order valence-electron chi connectivity index (χ0n) is 14.9. The van der Waals surface area contributed by atoms with Crippen LogP contribution in [0.15, 0.2) is 63.5 Å². The van der Waals surface area contributed by atoms with Crippen LogP contribution in [0.2, 0.25) is 10.0 Å². The topological polar surface area (TPSA) is 30.5 Å². The van der Waals surface area contributed by atoms with Crippen molar-refractivity contribution in [2.24, 2.45) is 0 Å². The van der Waals surface area contributed by atoms with Crippen molar-refractivity contribution in [3.8, 4) is 11.5 Å². The first-order chi connectivity index (χ1) is 13.5. The van der Waals surface area contributed by atoms with Crippen LogP contribution in [0.4, 0.5) is 5.69 Å². The van der Waals surface area contributed by atoms with Gasteiger partial charge in [-0.2, -0.15) is 0 Å². The molecule has 0 aromatic heterocycles. The number of halogens is 4. The molecule has 0 aliphatic heterocycles. The molecular weight excluding hydrogens is 529 g/mol. The second kappa shape index (κ2) is 9.88. The Bertz CT molecular complexity index is 965. The summed E-state index contributed by atoms with van der Waals surface area (Å²) in [4.78, 5) is 0. The van der Waals surface area contributed by atoms with Crippen LogP contribution in [0.25, 0.3) is 0 Å². The molecular formula is C21H17Br2Cl2NO2. The summed E-state index contributed by atoms with van der Waals surface area (Å²) in [5.74, 6) is 1.33. The summed E-state index contributed by atoms with van der Waals surface area (Å²) in [6.45, 7) is 1.04. The second-order valence-corrected chi connectivity index (χ2v) is 8.59. The SMILES string of the molecule is COc1cc(CNc2ccc(Cl)c(Cl)c2)cc(Br)c1OCc1ccc(Br)cc1. The lowest BCUT2D eigenvalue weighted by molar-refractivity contribution is 0.282. The van der Waals surface area contributed by atoms with Gasteiger partial charge in [-0.15, -0.1) is 0 Å². The van der Waals surface area contributed by atoms with Crippen molar-refractivity contribution in [1.29, 1.82) is 0 Å². The molecule has 0 saturated carbocycles. The molecule has 3 nitrogen and oxygen atoms in total. The maximum atomic E-state index is 6.06.